The molecule has 156 valence electrons. The molecule has 2 amide bonds. The number of anilines is 1. The van der Waals surface area contributed by atoms with Gasteiger partial charge in [-0.2, -0.15) is 0 Å². The van der Waals surface area contributed by atoms with E-state index in [1.165, 1.54) is 18.2 Å². The number of carbonyl (C=O) groups excluding carboxylic acids is 2. The van der Waals surface area contributed by atoms with Gasteiger partial charge in [-0.05, 0) is 48.9 Å². The highest BCUT2D eigenvalue weighted by molar-refractivity contribution is 6.36. The molecule has 3 aromatic carbocycles. The van der Waals surface area contributed by atoms with E-state index in [1.54, 1.807) is 18.2 Å². The third-order valence-corrected chi connectivity index (χ3v) is 5.78. The lowest BCUT2D eigenvalue weighted by atomic mass is 10.1. The number of aromatic amines is 1. The van der Waals surface area contributed by atoms with Gasteiger partial charge in [-0.25, -0.2) is 4.98 Å². The van der Waals surface area contributed by atoms with Crippen LogP contribution in [0.25, 0.3) is 22.4 Å². The molecule has 0 aliphatic heterocycles. The second-order valence-corrected chi connectivity index (χ2v) is 8.11. The molecular formula is C22H15Cl3N4O2. The van der Waals surface area contributed by atoms with E-state index in [0.717, 1.165) is 11.1 Å². The summed E-state index contributed by atoms with van der Waals surface area (Å²) in [5, 5.41) is 3.94. The van der Waals surface area contributed by atoms with E-state index in [2.05, 4.69) is 15.3 Å². The van der Waals surface area contributed by atoms with Crippen molar-refractivity contribution >= 4 is 63.3 Å². The number of fused-ring (bicyclic) bond motifs is 1. The summed E-state index contributed by atoms with van der Waals surface area (Å²) < 4.78 is 0. The Morgan fingerprint density at radius 2 is 1.77 bits per heavy atom. The highest BCUT2D eigenvalue weighted by Gasteiger charge is 2.18. The molecule has 0 aliphatic carbocycles. The molecule has 0 saturated carbocycles. The molecule has 1 aromatic heterocycles. The van der Waals surface area contributed by atoms with Crippen molar-refractivity contribution < 1.29 is 9.59 Å². The van der Waals surface area contributed by atoms with Gasteiger partial charge in [-0.1, -0.05) is 46.9 Å². The Hall–Kier alpha value is -3.06. The summed E-state index contributed by atoms with van der Waals surface area (Å²) in [6.45, 7) is 1.88. The van der Waals surface area contributed by atoms with Gasteiger partial charge in [0.1, 0.15) is 11.3 Å². The minimum atomic E-state index is -0.678. The summed E-state index contributed by atoms with van der Waals surface area (Å²) in [7, 11) is 0. The van der Waals surface area contributed by atoms with E-state index in [0.29, 0.717) is 32.6 Å². The third kappa shape index (κ3) is 4.10. The molecule has 0 radical (unpaired) electrons. The minimum Gasteiger partial charge on any atom is -0.366 e. The summed E-state index contributed by atoms with van der Waals surface area (Å²) in [6.07, 6.45) is 0. The van der Waals surface area contributed by atoms with Crippen LogP contribution in [0.4, 0.5) is 5.69 Å². The predicted octanol–water partition coefficient (Wildman–Crippen LogP) is 5.85. The number of hydrogen-bond donors (Lipinski definition) is 3. The second-order valence-electron chi connectivity index (χ2n) is 6.86. The Labute approximate surface area is 192 Å². The molecule has 0 fully saturated rings. The van der Waals surface area contributed by atoms with Crippen LogP contribution in [-0.4, -0.2) is 21.8 Å². The fraction of sp³-hybridized carbons (Fsp3) is 0.0455. The number of carbonyl (C=O) groups is 2. The number of imidazole rings is 1. The van der Waals surface area contributed by atoms with Crippen LogP contribution in [0.1, 0.15) is 26.3 Å². The molecule has 0 bridgehead atoms. The number of rotatable bonds is 4. The second kappa shape index (κ2) is 8.23. The van der Waals surface area contributed by atoms with Crippen molar-refractivity contribution in [1.29, 1.82) is 0 Å². The lowest BCUT2D eigenvalue weighted by Crippen LogP contribution is -2.15. The highest BCUT2D eigenvalue weighted by Crippen LogP contribution is 2.31. The average molecular weight is 474 g/mol. The van der Waals surface area contributed by atoms with Crippen molar-refractivity contribution in [1.82, 2.24) is 9.97 Å². The number of benzene rings is 3. The molecule has 4 rings (SSSR count). The fourth-order valence-corrected chi connectivity index (χ4v) is 3.79. The molecule has 4 aromatic rings. The zero-order valence-corrected chi connectivity index (χ0v) is 18.4. The molecule has 0 aliphatic rings. The van der Waals surface area contributed by atoms with Crippen LogP contribution in [0, 0.1) is 6.92 Å². The number of nitrogens with zero attached hydrogens (tertiary/aromatic N) is 1. The van der Waals surface area contributed by atoms with Gasteiger partial charge < -0.3 is 16.0 Å². The van der Waals surface area contributed by atoms with Gasteiger partial charge in [0.25, 0.3) is 11.8 Å². The largest absolute Gasteiger partial charge is 0.366 e. The quantitative estimate of drug-likeness (QED) is 0.346. The van der Waals surface area contributed by atoms with Gasteiger partial charge in [-0.3, -0.25) is 9.59 Å². The van der Waals surface area contributed by atoms with Crippen molar-refractivity contribution in [3.8, 4) is 11.4 Å². The molecule has 1 heterocycles. The smallest absolute Gasteiger partial charge is 0.257 e. The maximum absolute atomic E-state index is 12.7. The molecule has 0 saturated heterocycles. The Morgan fingerprint density at radius 1 is 1.00 bits per heavy atom. The molecule has 0 unspecified atom stereocenters. The van der Waals surface area contributed by atoms with Crippen molar-refractivity contribution in [2.24, 2.45) is 5.73 Å². The number of nitrogens with one attached hydrogen (secondary N) is 2. The van der Waals surface area contributed by atoms with E-state index < -0.39 is 11.8 Å². The monoisotopic (exact) mass is 472 g/mol. The van der Waals surface area contributed by atoms with E-state index in [9.17, 15) is 9.59 Å². The summed E-state index contributed by atoms with van der Waals surface area (Å²) in [4.78, 5) is 32.5. The van der Waals surface area contributed by atoms with Gasteiger partial charge in [-0.15, -0.1) is 0 Å². The van der Waals surface area contributed by atoms with E-state index in [4.69, 9.17) is 40.5 Å². The molecule has 0 spiro atoms. The SMILES string of the molecule is Cc1c(Cl)cccc1-c1nc2c(C(N)=O)cc(NC(=O)c3cc(Cl)ccc3Cl)cc2[nH]1. The van der Waals surface area contributed by atoms with Crippen molar-refractivity contribution in [3.05, 3.63) is 80.3 Å². The van der Waals surface area contributed by atoms with Gasteiger partial charge in [0.2, 0.25) is 0 Å². The minimum absolute atomic E-state index is 0.159. The van der Waals surface area contributed by atoms with Gasteiger partial charge >= 0.3 is 0 Å². The number of primary amides is 1. The molecule has 9 heteroatoms. The van der Waals surface area contributed by atoms with Crippen molar-refractivity contribution in [2.45, 2.75) is 6.92 Å². The van der Waals surface area contributed by atoms with Gasteiger partial charge in [0, 0.05) is 21.3 Å². The number of H-pyrrole nitrogens is 1. The zero-order valence-electron chi connectivity index (χ0n) is 16.1. The number of amides is 2. The molecule has 0 atom stereocenters. The van der Waals surface area contributed by atoms with Crippen LogP contribution < -0.4 is 11.1 Å². The number of hydrogen-bond acceptors (Lipinski definition) is 3. The molecule has 4 N–H and O–H groups in total. The fourth-order valence-electron chi connectivity index (χ4n) is 3.24. The molecular weight excluding hydrogens is 459 g/mol. The van der Waals surface area contributed by atoms with E-state index in [-0.39, 0.29) is 16.1 Å². The van der Waals surface area contributed by atoms with Crippen LogP contribution >= 0.6 is 34.8 Å². The molecule has 31 heavy (non-hydrogen) atoms. The topological polar surface area (TPSA) is 101 Å². The number of halogens is 3. The lowest BCUT2D eigenvalue weighted by molar-refractivity contribution is 0.0997. The third-order valence-electron chi connectivity index (χ3n) is 4.81. The number of aromatic nitrogens is 2. The standard InChI is InChI=1S/C22H15Cl3N4O2/c1-10-13(3-2-4-16(10)24)21-28-18-9-12(8-15(20(26)30)19(18)29-21)27-22(31)14-7-11(23)5-6-17(14)25/h2-9H,1H3,(H2,26,30)(H,27,31)(H,28,29). The lowest BCUT2D eigenvalue weighted by Gasteiger charge is -2.09. The average Bonchev–Trinajstić information content (AvgIpc) is 3.14. The first kappa shape index (κ1) is 21.2. The van der Waals surface area contributed by atoms with Crippen LogP contribution in [-0.2, 0) is 0 Å². The first-order valence-corrected chi connectivity index (χ1v) is 10.2. The van der Waals surface area contributed by atoms with Gasteiger partial charge in [0.15, 0.2) is 0 Å². The van der Waals surface area contributed by atoms with Crippen LogP contribution in [0.15, 0.2) is 48.5 Å². The first-order valence-electron chi connectivity index (χ1n) is 9.10. The maximum Gasteiger partial charge on any atom is 0.257 e. The van der Waals surface area contributed by atoms with Crippen LogP contribution in [0.5, 0.6) is 0 Å². The predicted molar refractivity (Wildman–Crippen MR) is 124 cm³/mol. The van der Waals surface area contributed by atoms with Crippen molar-refractivity contribution in [2.75, 3.05) is 5.32 Å². The summed E-state index contributed by atoms with van der Waals surface area (Å²) in [6, 6.07) is 13.2. The Balaban J connectivity index is 1.79. The maximum atomic E-state index is 12.7. The summed E-state index contributed by atoms with van der Waals surface area (Å²) in [5.74, 6) is -0.630. The van der Waals surface area contributed by atoms with E-state index in [1.807, 2.05) is 19.1 Å². The summed E-state index contributed by atoms with van der Waals surface area (Å²) >= 11 is 18.3. The highest BCUT2D eigenvalue weighted by atomic mass is 35.5. The van der Waals surface area contributed by atoms with Crippen LogP contribution in [0.2, 0.25) is 15.1 Å². The Bertz CT molecular complexity index is 1360. The normalized spacial score (nSPS) is 11.0. The Morgan fingerprint density at radius 3 is 2.52 bits per heavy atom. The Kier molecular flexibility index (Phi) is 5.62. The zero-order chi connectivity index (χ0) is 22.3. The van der Waals surface area contributed by atoms with E-state index >= 15 is 0 Å². The number of nitrogens with two attached hydrogens (primary N) is 1. The molecule has 6 nitrogen and oxygen atoms in total. The van der Waals surface area contributed by atoms with Gasteiger partial charge in [0.05, 0.1) is 21.7 Å². The van der Waals surface area contributed by atoms with Crippen molar-refractivity contribution in [3.63, 3.8) is 0 Å². The summed E-state index contributed by atoms with van der Waals surface area (Å²) in [5.41, 5.74) is 8.83. The van der Waals surface area contributed by atoms with Crippen LogP contribution in [0.3, 0.4) is 0 Å². The first-order chi connectivity index (χ1) is 14.7.